The summed E-state index contributed by atoms with van der Waals surface area (Å²) in [5.41, 5.74) is 0.184. The molecule has 1 aromatic rings. The smallest absolute Gasteiger partial charge is 0.329 e. The molecule has 7 heteroatoms. The van der Waals surface area contributed by atoms with Crippen LogP contribution in [0.15, 0.2) is 30.3 Å². The largest absolute Gasteiger partial charge is 0.461 e. The zero-order valence-corrected chi connectivity index (χ0v) is 18.1. The van der Waals surface area contributed by atoms with Gasteiger partial charge in [0, 0.05) is 12.5 Å². The lowest BCUT2D eigenvalue weighted by atomic mass is 10.1. The molecule has 29 heavy (non-hydrogen) atoms. The highest BCUT2D eigenvalue weighted by Crippen LogP contribution is 2.12. The molecular formula is C22H34N2O5. The third-order valence-electron chi connectivity index (χ3n) is 3.98. The van der Waals surface area contributed by atoms with E-state index in [-0.39, 0.29) is 25.5 Å². The van der Waals surface area contributed by atoms with Crippen LogP contribution in [0.2, 0.25) is 0 Å². The van der Waals surface area contributed by atoms with E-state index >= 15 is 0 Å². The lowest BCUT2D eigenvalue weighted by Crippen LogP contribution is -2.50. The number of rotatable bonds is 10. The number of urea groups is 1. The van der Waals surface area contributed by atoms with Crippen molar-refractivity contribution in [2.24, 2.45) is 0 Å². The number of hydrogen-bond donors (Lipinski definition) is 2. The minimum atomic E-state index is -0.938. The quantitative estimate of drug-likeness (QED) is 0.578. The fourth-order valence-electron chi connectivity index (χ4n) is 2.62. The molecule has 0 bridgehead atoms. The molecule has 0 fully saturated rings. The Bertz CT molecular complexity index is 655. The van der Waals surface area contributed by atoms with Crippen LogP contribution in [0.4, 0.5) is 4.79 Å². The summed E-state index contributed by atoms with van der Waals surface area (Å²) in [5.74, 6) is -1.02. The van der Waals surface area contributed by atoms with Crippen LogP contribution in [-0.2, 0) is 25.7 Å². The molecule has 0 radical (unpaired) electrons. The first-order valence-corrected chi connectivity index (χ1v) is 10.1. The standard InChI is InChI=1S/C22H34N2O5/c1-6-10-16(2)23-21(27)24-18(20(26)29-22(3,4)5)13-14-19(25)28-15-17-11-8-7-9-12-17/h7-9,11-12,16,18H,6,10,13-15H2,1-5H3,(H2,23,24,27). The molecule has 2 N–H and O–H groups in total. The van der Waals surface area contributed by atoms with E-state index in [1.165, 1.54) is 0 Å². The SMILES string of the molecule is CCCC(C)NC(=O)NC(CCC(=O)OCc1ccccc1)C(=O)OC(C)(C)C. The van der Waals surface area contributed by atoms with Gasteiger partial charge in [0.2, 0.25) is 0 Å². The van der Waals surface area contributed by atoms with Crippen molar-refractivity contribution in [3.63, 3.8) is 0 Å². The van der Waals surface area contributed by atoms with Gasteiger partial charge in [-0.3, -0.25) is 4.79 Å². The topological polar surface area (TPSA) is 93.7 Å². The first kappa shape index (κ1) is 24.5. The summed E-state index contributed by atoms with van der Waals surface area (Å²) in [4.78, 5) is 36.8. The molecule has 2 unspecified atom stereocenters. The Morgan fingerprint density at radius 2 is 1.69 bits per heavy atom. The molecular weight excluding hydrogens is 372 g/mol. The van der Waals surface area contributed by atoms with Gasteiger partial charge in [-0.2, -0.15) is 0 Å². The third-order valence-corrected chi connectivity index (χ3v) is 3.98. The summed E-state index contributed by atoms with van der Waals surface area (Å²) in [6.07, 6.45) is 1.85. The Kier molecular flexibility index (Phi) is 10.2. The number of ether oxygens (including phenoxy) is 2. The first-order chi connectivity index (χ1) is 13.6. The second kappa shape index (κ2) is 12.1. The fraction of sp³-hybridized carbons (Fsp3) is 0.591. The number of nitrogens with one attached hydrogen (secondary N) is 2. The molecule has 0 heterocycles. The van der Waals surface area contributed by atoms with Gasteiger partial charge in [-0.25, -0.2) is 9.59 Å². The molecule has 1 rings (SSSR count). The Balaban J connectivity index is 2.61. The number of benzene rings is 1. The van der Waals surface area contributed by atoms with Gasteiger partial charge in [0.05, 0.1) is 0 Å². The minimum absolute atomic E-state index is 0.0124. The average molecular weight is 407 g/mol. The van der Waals surface area contributed by atoms with E-state index in [1.807, 2.05) is 44.2 Å². The second-order valence-corrected chi connectivity index (χ2v) is 8.08. The van der Waals surface area contributed by atoms with Crippen molar-refractivity contribution in [2.75, 3.05) is 0 Å². The lowest BCUT2D eigenvalue weighted by Gasteiger charge is -2.25. The van der Waals surface area contributed by atoms with Crippen LogP contribution < -0.4 is 10.6 Å². The number of amides is 2. The van der Waals surface area contributed by atoms with Gasteiger partial charge >= 0.3 is 18.0 Å². The minimum Gasteiger partial charge on any atom is -0.461 e. The zero-order valence-electron chi connectivity index (χ0n) is 18.1. The summed E-state index contributed by atoms with van der Waals surface area (Å²) < 4.78 is 10.6. The molecule has 0 saturated heterocycles. The number of esters is 2. The predicted molar refractivity (Wildman–Crippen MR) is 111 cm³/mol. The Hall–Kier alpha value is -2.57. The summed E-state index contributed by atoms with van der Waals surface area (Å²) in [6, 6.07) is 7.92. The zero-order chi connectivity index (χ0) is 21.9. The monoisotopic (exact) mass is 406 g/mol. The summed E-state index contributed by atoms with van der Waals surface area (Å²) in [5, 5.41) is 5.41. The van der Waals surface area contributed by atoms with Crippen LogP contribution in [0.1, 0.15) is 65.9 Å². The maximum absolute atomic E-state index is 12.5. The summed E-state index contributed by atoms with van der Waals surface area (Å²) in [6.45, 7) is 9.34. The lowest BCUT2D eigenvalue weighted by molar-refractivity contribution is -0.157. The van der Waals surface area contributed by atoms with Crippen LogP contribution in [-0.4, -0.2) is 35.7 Å². The predicted octanol–water partition coefficient (Wildman–Crippen LogP) is 3.71. The highest BCUT2D eigenvalue weighted by molar-refractivity contribution is 5.84. The van der Waals surface area contributed by atoms with Crippen LogP contribution in [0.5, 0.6) is 0 Å². The van der Waals surface area contributed by atoms with Crippen LogP contribution in [0, 0.1) is 0 Å². The van der Waals surface area contributed by atoms with Crippen LogP contribution >= 0.6 is 0 Å². The number of carbonyl (C=O) groups excluding carboxylic acids is 3. The van der Waals surface area contributed by atoms with Crippen LogP contribution in [0.25, 0.3) is 0 Å². The van der Waals surface area contributed by atoms with Gasteiger partial charge in [-0.15, -0.1) is 0 Å². The molecule has 0 aliphatic rings. The highest BCUT2D eigenvalue weighted by Gasteiger charge is 2.27. The van der Waals surface area contributed by atoms with Crippen LogP contribution in [0.3, 0.4) is 0 Å². The van der Waals surface area contributed by atoms with Gasteiger partial charge in [0.25, 0.3) is 0 Å². The Morgan fingerprint density at radius 3 is 2.28 bits per heavy atom. The van der Waals surface area contributed by atoms with Crippen molar-refractivity contribution in [1.29, 1.82) is 0 Å². The Morgan fingerprint density at radius 1 is 1.03 bits per heavy atom. The Labute approximate surface area is 173 Å². The van der Waals surface area contributed by atoms with E-state index in [9.17, 15) is 14.4 Å². The highest BCUT2D eigenvalue weighted by atomic mass is 16.6. The second-order valence-electron chi connectivity index (χ2n) is 8.08. The van der Waals surface area contributed by atoms with Crippen molar-refractivity contribution >= 4 is 18.0 Å². The maximum Gasteiger partial charge on any atom is 0.329 e. The van der Waals surface area contributed by atoms with Crippen molar-refractivity contribution in [2.45, 2.75) is 84.6 Å². The molecule has 1 aromatic carbocycles. The van der Waals surface area contributed by atoms with Crippen molar-refractivity contribution in [3.8, 4) is 0 Å². The van der Waals surface area contributed by atoms with Gasteiger partial charge in [0.15, 0.2) is 0 Å². The molecule has 0 spiro atoms. The van der Waals surface area contributed by atoms with Gasteiger partial charge in [-0.1, -0.05) is 43.7 Å². The number of carbonyl (C=O) groups is 3. The van der Waals surface area contributed by atoms with Crippen molar-refractivity contribution in [1.82, 2.24) is 10.6 Å². The van der Waals surface area contributed by atoms with E-state index in [1.54, 1.807) is 20.8 Å². The maximum atomic E-state index is 12.5. The van der Waals surface area contributed by atoms with E-state index in [0.29, 0.717) is 0 Å². The molecule has 0 aromatic heterocycles. The fourth-order valence-corrected chi connectivity index (χ4v) is 2.62. The summed E-state index contributed by atoms with van der Waals surface area (Å²) >= 11 is 0. The summed E-state index contributed by atoms with van der Waals surface area (Å²) in [7, 11) is 0. The van der Waals surface area contributed by atoms with E-state index in [0.717, 1.165) is 18.4 Å². The van der Waals surface area contributed by atoms with E-state index < -0.39 is 29.6 Å². The number of hydrogen-bond acceptors (Lipinski definition) is 5. The van der Waals surface area contributed by atoms with E-state index in [2.05, 4.69) is 10.6 Å². The molecule has 0 aliphatic heterocycles. The molecule has 7 nitrogen and oxygen atoms in total. The van der Waals surface area contributed by atoms with Gasteiger partial charge in [0.1, 0.15) is 18.2 Å². The molecule has 0 aliphatic carbocycles. The molecule has 0 saturated carbocycles. The van der Waals surface area contributed by atoms with Gasteiger partial charge in [-0.05, 0) is 46.1 Å². The van der Waals surface area contributed by atoms with Crippen molar-refractivity contribution in [3.05, 3.63) is 35.9 Å². The molecule has 2 amide bonds. The van der Waals surface area contributed by atoms with Gasteiger partial charge < -0.3 is 20.1 Å². The first-order valence-electron chi connectivity index (χ1n) is 10.1. The molecule has 162 valence electrons. The normalized spacial score (nSPS) is 13.1. The van der Waals surface area contributed by atoms with E-state index in [4.69, 9.17) is 9.47 Å². The average Bonchev–Trinajstić information content (AvgIpc) is 2.62. The van der Waals surface area contributed by atoms with Crippen molar-refractivity contribution < 1.29 is 23.9 Å². The third kappa shape index (κ3) is 11.1. The molecule has 2 atom stereocenters.